The van der Waals surface area contributed by atoms with Crippen LogP contribution in [0.4, 0.5) is 8.78 Å². The fraction of sp³-hybridized carbons (Fsp3) is 0. The number of hydrogen-bond donors (Lipinski definition) is 1. The van der Waals surface area contributed by atoms with E-state index in [-0.39, 0.29) is 5.56 Å². The molecule has 0 aromatic heterocycles. The van der Waals surface area contributed by atoms with E-state index in [9.17, 15) is 8.78 Å². The predicted octanol–water partition coefficient (Wildman–Crippen LogP) is 1.77. The van der Waals surface area contributed by atoms with Gasteiger partial charge in [-0.05, 0) is 12.1 Å². The van der Waals surface area contributed by atoms with Crippen LogP contribution in [0.1, 0.15) is 5.56 Å². The van der Waals surface area contributed by atoms with Crippen LogP contribution < -0.4 is 0 Å². The van der Waals surface area contributed by atoms with Crippen LogP contribution in [-0.2, 0) is 0 Å². The Morgan fingerprint density at radius 2 is 2.09 bits per heavy atom. The van der Waals surface area contributed by atoms with Gasteiger partial charge in [0.05, 0.1) is 6.21 Å². The van der Waals surface area contributed by atoms with Crippen molar-refractivity contribution in [3.8, 4) is 0 Å². The highest BCUT2D eigenvalue weighted by atomic mass is 19.1. The Hall–Kier alpha value is -1.45. The topological polar surface area (TPSA) is 32.6 Å². The van der Waals surface area contributed by atoms with Crippen molar-refractivity contribution in [3.05, 3.63) is 35.4 Å². The second-order valence-corrected chi connectivity index (χ2v) is 1.91. The van der Waals surface area contributed by atoms with Gasteiger partial charge in [0.15, 0.2) is 0 Å². The maximum absolute atomic E-state index is 12.6. The largest absolute Gasteiger partial charge is 0.411 e. The lowest BCUT2D eigenvalue weighted by Gasteiger charge is -1.93. The zero-order valence-electron chi connectivity index (χ0n) is 5.46. The van der Waals surface area contributed by atoms with Crippen molar-refractivity contribution in [3.63, 3.8) is 0 Å². The van der Waals surface area contributed by atoms with Crippen LogP contribution in [0.5, 0.6) is 0 Å². The molecule has 0 heterocycles. The summed E-state index contributed by atoms with van der Waals surface area (Å²) >= 11 is 0. The summed E-state index contributed by atoms with van der Waals surface area (Å²) < 4.78 is 24.8. The Kier molecular flexibility index (Phi) is 2.15. The first-order chi connectivity index (χ1) is 5.24. The van der Waals surface area contributed by atoms with E-state index < -0.39 is 11.6 Å². The van der Waals surface area contributed by atoms with Gasteiger partial charge in [-0.2, -0.15) is 0 Å². The van der Waals surface area contributed by atoms with Crippen LogP contribution in [0.15, 0.2) is 23.4 Å². The number of oxime groups is 1. The van der Waals surface area contributed by atoms with Gasteiger partial charge in [-0.1, -0.05) is 5.16 Å². The maximum atomic E-state index is 12.6. The van der Waals surface area contributed by atoms with Gasteiger partial charge in [0.2, 0.25) is 0 Å². The SMILES string of the molecule is O/N=C\c1ccc(F)cc1F. The number of benzene rings is 1. The quantitative estimate of drug-likeness (QED) is 0.376. The van der Waals surface area contributed by atoms with Gasteiger partial charge < -0.3 is 5.21 Å². The van der Waals surface area contributed by atoms with E-state index >= 15 is 0 Å². The molecule has 4 heteroatoms. The van der Waals surface area contributed by atoms with Crippen molar-refractivity contribution in [2.75, 3.05) is 0 Å². The van der Waals surface area contributed by atoms with Crippen molar-refractivity contribution < 1.29 is 14.0 Å². The van der Waals surface area contributed by atoms with Gasteiger partial charge >= 0.3 is 0 Å². The minimum Gasteiger partial charge on any atom is -0.411 e. The van der Waals surface area contributed by atoms with Crippen LogP contribution in [0.25, 0.3) is 0 Å². The minimum absolute atomic E-state index is 0.0499. The van der Waals surface area contributed by atoms with Crippen LogP contribution in [0.2, 0.25) is 0 Å². The van der Waals surface area contributed by atoms with E-state index in [0.29, 0.717) is 0 Å². The molecule has 1 rings (SSSR count). The molecule has 0 unspecified atom stereocenters. The third-order valence-corrected chi connectivity index (χ3v) is 1.16. The smallest absolute Gasteiger partial charge is 0.135 e. The number of hydrogen-bond acceptors (Lipinski definition) is 2. The molecule has 0 amide bonds. The second kappa shape index (κ2) is 3.09. The Morgan fingerprint density at radius 3 is 2.64 bits per heavy atom. The molecule has 0 saturated carbocycles. The van der Waals surface area contributed by atoms with Gasteiger partial charge in [-0.3, -0.25) is 0 Å². The second-order valence-electron chi connectivity index (χ2n) is 1.91. The molecular weight excluding hydrogens is 152 g/mol. The molecular formula is C7H5F2NO. The van der Waals surface area contributed by atoms with E-state index in [1.54, 1.807) is 0 Å². The molecule has 1 aromatic carbocycles. The lowest BCUT2D eigenvalue weighted by atomic mass is 10.2. The van der Waals surface area contributed by atoms with Crippen LogP contribution in [-0.4, -0.2) is 11.4 Å². The summed E-state index contributed by atoms with van der Waals surface area (Å²) in [7, 11) is 0. The zero-order valence-corrected chi connectivity index (χ0v) is 5.46. The molecule has 11 heavy (non-hydrogen) atoms. The third kappa shape index (κ3) is 1.73. The summed E-state index contributed by atoms with van der Waals surface area (Å²) in [5.41, 5.74) is 0.0499. The molecule has 1 N–H and O–H groups in total. The van der Waals surface area contributed by atoms with Crippen molar-refractivity contribution in [1.82, 2.24) is 0 Å². The number of halogens is 2. The van der Waals surface area contributed by atoms with E-state index in [0.717, 1.165) is 18.3 Å². The predicted molar refractivity (Wildman–Crippen MR) is 35.7 cm³/mol. The molecule has 0 aliphatic carbocycles. The van der Waals surface area contributed by atoms with Crippen LogP contribution in [0, 0.1) is 11.6 Å². The fourth-order valence-electron chi connectivity index (χ4n) is 0.668. The molecule has 1 aromatic rings. The lowest BCUT2D eigenvalue weighted by molar-refractivity contribution is 0.321. The van der Waals surface area contributed by atoms with E-state index in [4.69, 9.17) is 5.21 Å². The number of rotatable bonds is 1. The summed E-state index contributed by atoms with van der Waals surface area (Å²) in [6.45, 7) is 0. The molecule has 58 valence electrons. The average molecular weight is 157 g/mol. The number of nitrogens with zero attached hydrogens (tertiary/aromatic N) is 1. The monoisotopic (exact) mass is 157 g/mol. The molecule has 2 nitrogen and oxygen atoms in total. The van der Waals surface area contributed by atoms with Crippen molar-refractivity contribution in [2.45, 2.75) is 0 Å². The summed E-state index contributed by atoms with van der Waals surface area (Å²) in [5, 5.41) is 10.6. The third-order valence-electron chi connectivity index (χ3n) is 1.16. The maximum Gasteiger partial charge on any atom is 0.135 e. The van der Waals surface area contributed by atoms with Crippen LogP contribution in [0.3, 0.4) is 0 Å². The van der Waals surface area contributed by atoms with Crippen LogP contribution >= 0.6 is 0 Å². The first-order valence-corrected chi connectivity index (χ1v) is 2.86. The van der Waals surface area contributed by atoms with Crippen molar-refractivity contribution in [2.24, 2.45) is 5.16 Å². The molecule has 0 atom stereocenters. The highest BCUT2D eigenvalue weighted by Crippen LogP contribution is 2.06. The first kappa shape index (κ1) is 7.65. The molecule has 0 aliphatic heterocycles. The van der Waals surface area contributed by atoms with Gasteiger partial charge in [0.25, 0.3) is 0 Å². The van der Waals surface area contributed by atoms with E-state index in [1.165, 1.54) is 6.07 Å². The summed E-state index contributed by atoms with van der Waals surface area (Å²) in [5.74, 6) is -1.40. The van der Waals surface area contributed by atoms with Gasteiger partial charge in [-0.15, -0.1) is 0 Å². The Bertz CT molecular complexity index is 286. The highest BCUT2D eigenvalue weighted by Gasteiger charge is 1.99. The normalized spacial score (nSPS) is 10.7. The van der Waals surface area contributed by atoms with Crippen molar-refractivity contribution >= 4 is 6.21 Å². The van der Waals surface area contributed by atoms with Gasteiger partial charge in [0.1, 0.15) is 11.6 Å². The lowest BCUT2D eigenvalue weighted by Crippen LogP contribution is -1.88. The van der Waals surface area contributed by atoms with E-state index in [2.05, 4.69) is 5.16 Å². The van der Waals surface area contributed by atoms with Crippen molar-refractivity contribution in [1.29, 1.82) is 0 Å². The molecule has 0 saturated heterocycles. The first-order valence-electron chi connectivity index (χ1n) is 2.86. The zero-order chi connectivity index (χ0) is 8.27. The Morgan fingerprint density at radius 1 is 1.36 bits per heavy atom. The van der Waals surface area contributed by atoms with Gasteiger partial charge in [-0.25, -0.2) is 8.78 Å². The summed E-state index contributed by atoms with van der Waals surface area (Å²) in [4.78, 5) is 0. The molecule has 0 radical (unpaired) electrons. The Labute approximate surface area is 61.8 Å². The molecule has 0 spiro atoms. The Balaban J connectivity index is 3.09. The average Bonchev–Trinajstić information content (AvgIpc) is 1.95. The summed E-state index contributed by atoms with van der Waals surface area (Å²) in [6.07, 6.45) is 0.898. The standard InChI is InChI=1S/C7H5F2NO/c8-6-2-1-5(4-10-11)7(9)3-6/h1-4,11H/b10-4-. The molecule has 0 aliphatic rings. The molecule has 0 fully saturated rings. The molecule has 0 bridgehead atoms. The van der Waals surface area contributed by atoms with Gasteiger partial charge in [0, 0.05) is 11.6 Å². The van der Waals surface area contributed by atoms with E-state index in [1.807, 2.05) is 0 Å². The minimum atomic E-state index is -0.747. The summed E-state index contributed by atoms with van der Waals surface area (Å²) in [6, 6.07) is 2.99. The highest BCUT2D eigenvalue weighted by molar-refractivity contribution is 5.79. The fourth-order valence-corrected chi connectivity index (χ4v) is 0.668.